The van der Waals surface area contributed by atoms with E-state index in [-0.39, 0.29) is 30.2 Å². The van der Waals surface area contributed by atoms with Gasteiger partial charge in [0.1, 0.15) is 0 Å². The maximum atomic E-state index is 12.6. The minimum atomic E-state index is -0.291. The smallest absolute Gasteiger partial charge is 0.292 e. The molecule has 23 heavy (non-hydrogen) atoms. The average Bonchev–Trinajstić information content (AvgIpc) is 3.09. The molecule has 1 aromatic carbocycles. The number of anilines is 2. The minimum absolute atomic E-state index is 0.130. The Morgan fingerprint density at radius 2 is 1.83 bits per heavy atom. The fourth-order valence-corrected chi connectivity index (χ4v) is 3.45. The van der Waals surface area contributed by atoms with E-state index in [1.54, 1.807) is 24.3 Å². The zero-order chi connectivity index (χ0) is 16.4. The summed E-state index contributed by atoms with van der Waals surface area (Å²) in [5.74, 6) is -0.437. The van der Waals surface area contributed by atoms with Gasteiger partial charge in [-0.3, -0.25) is 14.4 Å². The number of quaternary nitrogens is 1. The molecule has 0 aromatic heterocycles. The van der Waals surface area contributed by atoms with Crippen molar-refractivity contribution in [3.63, 3.8) is 0 Å². The van der Waals surface area contributed by atoms with E-state index in [2.05, 4.69) is 10.6 Å². The zero-order valence-electron chi connectivity index (χ0n) is 13.2. The Kier molecular flexibility index (Phi) is 4.43. The van der Waals surface area contributed by atoms with Crippen molar-refractivity contribution in [2.45, 2.75) is 51.1 Å². The number of nitrogens with zero attached hydrogens (tertiary/aromatic N) is 1. The number of carbonyl (C=O) groups is 3. The van der Waals surface area contributed by atoms with E-state index >= 15 is 0 Å². The molecular formula is C17H22N3O3+. The minimum Gasteiger partial charge on any atom is -0.333 e. The summed E-state index contributed by atoms with van der Waals surface area (Å²) in [6, 6.07) is 6.97. The highest BCUT2D eigenvalue weighted by Crippen LogP contribution is 2.24. The summed E-state index contributed by atoms with van der Waals surface area (Å²) in [5, 5.41) is 4.75. The molecule has 2 fully saturated rings. The van der Waals surface area contributed by atoms with Gasteiger partial charge in [-0.1, -0.05) is 0 Å². The molecule has 1 atom stereocenters. The van der Waals surface area contributed by atoms with Crippen LogP contribution < -0.4 is 15.5 Å². The van der Waals surface area contributed by atoms with Crippen molar-refractivity contribution in [2.75, 3.05) is 10.2 Å². The number of amides is 3. The monoisotopic (exact) mass is 316 g/mol. The van der Waals surface area contributed by atoms with Crippen molar-refractivity contribution >= 4 is 29.1 Å². The van der Waals surface area contributed by atoms with Crippen LogP contribution in [0.3, 0.4) is 0 Å². The topological polar surface area (TPSA) is 83.1 Å². The van der Waals surface area contributed by atoms with Crippen LogP contribution in [0, 0.1) is 0 Å². The fourth-order valence-electron chi connectivity index (χ4n) is 3.45. The number of nitrogens with two attached hydrogens (primary N) is 1. The highest BCUT2D eigenvalue weighted by molar-refractivity contribution is 6.21. The van der Waals surface area contributed by atoms with E-state index in [9.17, 15) is 14.4 Å². The summed E-state index contributed by atoms with van der Waals surface area (Å²) in [5.41, 5.74) is 1.21. The Balaban J connectivity index is 1.70. The first-order chi connectivity index (χ1) is 11.0. The third kappa shape index (κ3) is 3.42. The zero-order valence-corrected chi connectivity index (χ0v) is 13.2. The molecule has 0 unspecified atom stereocenters. The van der Waals surface area contributed by atoms with E-state index in [4.69, 9.17) is 0 Å². The maximum Gasteiger partial charge on any atom is 0.292 e. The Labute approximate surface area is 135 Å². The highest BCUT2D eigenvalue weighted by atomic mass is 16.2. The van der Waals surface area contributed by atoms with E-state index in [1.165, 1.54) is 24.7 Å². The number of imide groups is 1. The molecule has 0 radical (unpaired) electrons. The average molecular weight is 316 g/mol. The summed E-state index contributed by atoms with van der Waals surface area (Å²) in [6.07, 6.45) is 4.95. The van der Waals surface area contributed by atoms with Crippen LogP contribution in [0.4, 0.5) is 11.4 Å². The molecule has 1 saturated heterocycles. The fraction of sp³-hybridized carbons (Fsp3) is 0.471. The van der Waals surface area contributed by atoms with Crippen molar-refractivity contribution in [3.8, 4) is 0 Å². The van der Waals surface area contributed by atoms with Gasteiger partial charge in [0, 0.05) is 12.6 Å². The van der Waals surface area contributed by atoms with Crippen molar-refractivity contribution in [1.29, 1.82) is 0 Å². The molecule has 3 amide bonds. The van der Waals surface area contributed by atoms with Gasteiger partial charge in [0.2, 0.25) is 11.8 Å². The van der Waals surface area contributed by atoms with Crippen molar-refractivity contribution < 1.29 is 19.7 Å². The van der Waals surface area contributed by atoms with E-state index in [1.807, 2.05) is 0 Å². The summed E-state index contributed by atoms with van der Waals surface area (Å²) >= 11 is 0. The van der Waals surface area contributed by atoms with Crippen LogP contribution in [0.2, 0.25) is 0 Å². The van der Waals surface area contributed by atoms with Crippen LogP contribution in [0.25, 0.3) is 0 Å². The molecule has 2 aliphatic rings. The molecule has 1 heterocycles. The standard InChI is InChI=1S/C17H21N3O3/c1-11(21)18-13-6-8-14(9-7-13)20-16(22)10-15(17(20)23)19-12-4-2-3-5-12/h6-9,12,15,19H,2-5,10H2,1H3,(H,18,21)/p+1/t15-/m1/s1. The van der Waals surface area contributed by atoms with E-state index in [0.717, 1.165) is 12.8 Å². The third-order valence-corrected chi connectivity index (χ3v) is 4.53. The van der Waals surface area contributed by atoms with Crippen LogP contribution >= 0.6 is 0 Å². The van der Waals surface area contributed by atoms with Gasteiger partial charge in [-0.2, -0.15) is 0 Å². The lowest BCUT2D eigenvalue weighted by atomic mass is 10.2. The van der Waals surface area contributed by atoms with Gasteiger partial charge in [0.15, 0.2) is 6.04 Å². The normalized spacial score (nSPS) is 22.0. The predicted molar refractivity (Wildman–Crippen MR) is 85.8 cm³/mol. The van der Waals surface area contributed by atoms with Gasteiger partial charge in [0.05, 0.1) is 18.2 Å². The van der Waals surface area contributed by atoms with Gasteiger partial charge in [0.25, 0.3) is 5.91 Å². The van der Waals surface area contributed by atoms with E-state index < -0.39 is 0 Å². The number of rotatable bonds is 4. The largest absolute Gasteiger partial charge is 0.333 e. The Morgan fingerprint density at radius 3 is 2.43 bits per heavy atom. The molecular weight excluding hydrogens is 294 g/mol. The second-order valence-electron chi connectivity index (χ2n) is 6.34. The van der Waals surface area contributed by atoms with Crippen LogP contribution in [-0.2, 0) is 14.4 Å². The Hall–Kier alpha value is -2.21. The lowest BCUT2D eigenvalue weighted by Crippen LogP contribution is -2.95. The second kappa shape index (κ2) is 6.50. The first kappa shape index (κ1) is 15.7. The quantitative estimate of drug-likeness (QED) is 0.805. The van der Waals surface area contributed by atoms with Gasteiger partial charge in [-0.25, -0.2) is 4.90 Å². The lowest BCUT2D eigenvalue weighted by Gasteiger charge is -2.16. The first-order valence-electron chi connectivity index (χ1n) is 8.14. The highest BCUT2D eigenvalue weighted by Gasteiger charge is 2.43. The second-order valence-corrected chi connectivity index (χ2v) is 6.34. The molecule has 1 aliphatic heterocycles. The van der Waals surface area contributed by atoms with Gasteiger partial charge >= 0.3 is 0 Å². The molecule has 1 aliphatic carbocycles. The summed E-state index contributed by atoms with van der Waals surface area (Å²) in [7, 11) is 0. The molecule has 6 heteroatoms. The number of hydrogen-bond acceptors (Lipinski definition) is 3. The molecule has 3 N–H and O–H groups in total. The molecule has 6 nitrogen and oxygen atoms in total. The van der Waals surface area contributed by atoms with Crippen molar-refractivity contribution in [3.05, 3.63) is 24.3 Å². The summed E-state index contributed by atoms with van der Waals surface area (Å²) in [4.78, 5) is 37.1. The maximum absolute atomic E-state index is 12.6. The SMILES string of the molecule is CC(=O)Nc1ccc(N2C(=O)C[C@@H]([NH2+]C3CCCC3)C2=O)cc1. The lowest BCUT2D eigenvalue weighted by molar-refractivity contribution is -0.706. The van der Waals surface area contributed by atoms with Crippen LogP contribution in [0.15, 0.2) is 24.3 Å². The predicted octanol–water partition coefficient (Wildman–Crippen LogP) is 0.783. The van der Waals surface area contributed by atoms with Gasteiger partial charge < -0.3 is 10.6 Å². The van der Waals surface area contributed by atoms with Gasteiger partial charge in [-0.15, -0.1) is 0 Å². The third-order valence-electron chi connectivity index (χ3n) is 4.53. The van der Waals surface area contributed by atoms with Crippen LogP contribution in [0.5, 0.6) is 0 Å². The van der Waals surface area contributed by atoms with Gasteiger partial charge in [-0.05, 0) is 49.9 Å². The Morgan fingerprint density at radius 1 is 1.17 bits per heavy atom. The van der Waals surface area contributed by atoms with Crippen molar-refractivity contribution in [2.24, 2.45) is 0 Å². The molecule has 3 rings (SSSR count). The number of hydrogen-bond donors (Lipinski definition) is 2. The number of nitrogens with one attached hydrogen (secondary N) is 1. The summed E-state index contributed by atoms with van der Waals surface area (Å²) < 4.78 is 0. The van der Waals surface area contributed by atoms with Crippen LogP contribution in [-0.4, -0.2) is 29.8 Å². The number of carbonyl (C=O) groups excluding carboxylic acids is 3. The Bertz CT molecular complexity index is 620. The van der Waals surface area contributed by atoms with E-state index in [0.29, 0.717) is 17.4 Å². The molecule has 1 aromatic rings. The summed E-state index contributed by atoms with van der Waals surface area (Å²) in [6.45, 7) is 1.44. The van der Waals surface area contributed by atoms with Crippen molar-refractivity contribution in [1.82, 2.24) is 0 Å². The van der Waals surface area contributed by atoms with Crippen LogP contribution in [0.1, 0.15) is 39.0 Å². The molecule has 122 valence electrons. The molecule has 0 bridgehead atoms. The molecule has 0 spiro atoms. The molecule has 1 saturated carbocycles. The number of benzene rings is 1. The first-order valence-corrected chi connectivity index (χ1v) is 8.14.